The molecule has 19 heavy (non-hydrogen) atoms. The number of rotatable bonds is 6. The van der Waals surface area contributed by atoms with Crippen LogP contribution in [0.4, 0.5) is 0 Å². The number of carbonyl (C=O) groups is 1. The number of hydroxylamine groups is 1. The predicted octanol–water partition coefficient (Wildman–Crippen LogP) is 1.45. The van der Waals surface area contributed by atoms with Crippen molar-refractivity contribution in [3.8, 4) is 5.75 Å². The largest absolute Gasteiger partial charge is 0.496 e. The van der Waals surface area contributed by atoms with Gasteiger partial charge in [0.1, 0.15) is 5.75 Å². The van der Waals surface area contributed by atoms with E-state index in [2.05, 4.69) is 10.4 Å². The van der Waals surface area contributed by atoms with Gasteiger partial charge in [-0.3, -0.25) is 9.63 Å². The van der Waals surface area contributed by atoms with Gasteiger partial charge in [0.25, 0.3) is 5.91 Å². The van der Waals surface area contributed by atoms with E-state index in [-0.39, 0.29) is 5.91 Å². The molecule has 0 radical (unpaired) electrons. The second-order valence-corrected chi connectivity index (χ2v) is 4.53. The number of nitrogens with zero attached hydrogens (tertiary/aromatic N) is 1. The van der Waals surface area contributed by atoms with Crippen LogP contribution in [0.25, 0.3) is 0 Å². The summed E-state index contributed by atoms with van der Waals surface area (Å²) in [5.41, 5.74) is 2.93. The fourth-order valence-electron chi connectivity index (χ4n) is 2.18. The summed E-state index contributed by atoms with van der Waals surface area (Å²) in [5.74, 6) is 0.266. The highest BCUT2D eigenvalue weighted by molar-refractivity contribution is 5.96. The van der Waals surface area contributed by atoms with Gasteiger partial charge in [0.05, 0.1) is 19.3 Å². The molecule has 0 unspecified atom stereocenters. The molecule has 1 N–H and O–H groups in total. The van der Waals surface area contributed by atoms with E-state index in [4.69, 9.17) is 9.57 Å². The van der Waals surface area contributed by atoms with Crippen LogP contribution in [0.1, 0.15) is 23.2 Å². The maximum atomic E-state index is 11.9. The number of methoxy groups -OCH3 is 1. The third kappa shape index (κ3) is 3.94. The van der Waals surface area contributed by atoms with Gasteiger partial charge in [-0.05, 0) is 38.1 Å². The Balaban J connectivity index is 1.74. The first-order valence-electron chi connectivity index (χ1n) is 6.59. The molecule has 1 saturated heterocycles. The Bertz CT molecular complexity index is 417. The van der Waals surface area contributed by atoms with Gasteiger partial charge in [0, 0.05) is 6.54 Å². The van der Waals surface area contributed by atoms with Crippen LogP contribution in [0.2, 0.25) is 0 Å². The molecule has 0 aromatic heterocycles. The molecule has 1 aliphatic heterocycles. The SMILES string of the molecule is COc1ccccc1C(=O)NOCCN1CCCC1. The minimum absolute atomic E-state index is 0.279. The molecule has 0 atom stereocenters. The topological polar surface area (TPSA) is 50.8 Å². The Morgan fingerprint density at radius 2 is 2.05 bits per heavy atom. The van der Waals surface area contributed by atoms with Crippen LogP contribution in [0.5, 0.6) is 5.75 Å². The number of carbonyl (C=O) groups excluding carboxylic acids is 1. The summed E-state index contributed by atoms with van der Waals surface area (Å²) in [6, 6.07) is 7.07. The summed E-state index contributed by atoms with van der Waals surface area (Å²) in [5, 5.41) is 0. The van der Waals surface area contributed by atoms with Crippen molar-refractivity contribution in [2.24, 2.45) is 0 Å². The van der Waals surface area contributed by atoms with Crippen LogP contribution in [0.15, 0.2) is 24.3 Å². The van der Waals surface area contributed by atoms with Gasteiger partial charge in [-0.25, -0.2) is 5.48 Å². The van der Waals surface area contributed by atoms with Crippen molar-refractivity contribution in [3.63, 3.8) is 0 Å². The normalized spacial score (nSPS) is 15.4. The van der Waals surface area contributed by atoms with Crippen molar-refractivity contribution >= 4 is 5.91 Å². The molecule has 104 valence electrons. The van der Waals surface area contributed by atoms with E-state index in [9.17, 15) is 4.79 Å². The second kappa shape index (κ2) is 7.11. The number of para-hydroxylation sites is 1. The van der Waals surface area contributed by atoms with Crippen molar-refractivity contribution in [1.82, 2.24) is 10.4 Å². The van der Waals surface area contributed by atoms with Crippen molar-refractivity contribution in [2.75, 3.05) is 33.4 Å². The lowest BCUT2D eigenvalue weighted by molar-refractivity contribution is 0.0242. The molecular formula is C14H20N2O3. The molecule has 2 rings (SSSR count). The Labute approximate surface area is 113 Å². The lowest BCUT2D eigenvalue weighted by Crippen LogP contribution is -2.30. The van der Waals surface area contributed by atoms with E-state index < -0.39 is 0 Å². The zero-order valence-corrected chi connectivity index (χ0v) is 11.2. The molecule has 0 spiro atoms. The first-order valence-corrected chi connectivity index (χ1v) is 6.59. The van der Waals surface area contributed by atoms with Gasteiger partial charge < -0.3 is 9.64 Å². The lowest BCUT2D eigenvalue weighted by atomic mass is 10.2. The summed E-state index contributed by atoms with van der Waals surface area (Å²) in [4.78, 5) is 19.4. The number of benzene rings is 1. The van der Waals surface area contributed by atoms with E-state index in [0.717, 1.165) is 19.6 Å². The molecule has 1 amide bonds. The maximum Gasteiger partial charge on any atom is 0.278 e. The Kier molecular flexibility index (Phi) is 5.18. The molecule has 1 aliphatic rings. The van der Waals surface area contributed by atoms with Gasteiger partial charge in [-0.1, -0.05) is 12.1 Å². The molecule has 1 aromatic rings. The van der Waals surface area contributed by atoms with Crippen LogP contribution in [0.3, 0.4) is 0 Å². The van der Waals surface area contributed by atoms with Crippen LogP contribution >= 0.6 is 0 Å². The maximum absolute atomic E-state index is 11.9. The van der Waals surface area contributed by atoms with Gasteiger partial charge in [-0.15, -0.1) is 0 Å². The Morgan fingerprint density at radius 3 is 2.79 bits per heavy atom. The number of amides is 1. The Morgan fingerprint density at radius 1 is 1.32 bits per heavy atom. The summed E-state index contributed by atoms with van der Waals surface area (Å²) < 4.78 is 5.13. The van der Waals surface area contributed by atoms with Crippen molar-refractivity contribution in [2.45, 2.75) is 12.8 Å². The highest BCUT2D eigenvalue weighted by Crippen LogP contribution is 2.16. The molecule has 0 aliphatic carbocycles. The lowest BCUT2D eigenvalue weighted by Gasteiger charge is -2.14. The van der Waals surface area contributed by atoms with Crippen molar-refractivity contribution < 1.29 is 14.4 Å². The third-order valence-corrected chi connectivity index (χ3v) is 3.22. The molecular weight excluding hydrogens is 244 g/mol. The fourth-order valence-corrected chi connectivity index (χ4v) is 2.18. The molecule has 1 aromatic carbocycles. The van der Waals surface area contributed by atoms with Crippen molar-refractivity contribution in [1.29, 1.82) is 0 Å². The summed E-state index contributed by atoms with van der Waals surface area (Å²) >= 11 is 0. The molecule has 0 bridgehead atoms. The summed E-state index contributed by atoms with van der Waals surface area (Å²) in [6.07, 6.45) is 2.52. The molecule has 1 fully saturated rings. The van der Waals surface area contributed by atoms with E-state index in [1.165, 1.54) is 12.8 Å². The zero-order chi connectivity index (χ0) is 13.5. The molecule has 0 saturated carbocycles. The first kappa shape index (κ1) is 13.8. The van der Waals surface area contributed by atoms with Gasteiger partial charge in [-0.2, -0.15) is 0 Å². The quantitative estimate of drug-likeness (QED) is 0.624. The number of hydrogen-bond acceptors (Lipinski definition) is 4. The van der Waals surface area contributed by atoms with Gasteiger partial charge in [0.15, 0.2) is 0 Å². The van der Waals surface area contributed by atoms with E-state index >= 15 is 0 Å². The van der Waals surface area contributed by atoms with Crippen LogP contribution in [-0.2, 0) is 4.84 Å². The fraction of sp³-hybridized carbons (Fsp3) is 0.500. The van der Waals surface area contributed by atoms with E-state index in [1.807, 2.05) is 6.07 Å². The number of hydrogen-bond donors (Lipinski definition) is 1. The van der Waals surface area contributed by atoms with Crippen molar-refractivity contribution in [3.05, 3.63) is 29.8 Å². The summed E-state index contributed by atoms with van der Waals surface area (Å²) in [7, 11) is 1.54. The number of ether oxygens (including phenoxy) is 1. The van der Waals surface area contributed by atoms with E-state index in [0.29, 0.717) is 17.9 Å². The highest BCUT2D eigenvalue weighted by atomic mass is 16.7. The highest BCUT2D eigenvalue weighted by Gasteiger charge is 2.13. The predicted molar refractivity (Wildman–Crippen MR) is 72.1 cm³/mol. The van der Waals surface area contributed by atoms with Crippen LogP contribution in [-0.4, -0.2) is 44.2 Å². The molecule has 5 heteroatoms. The average molecular weight is 264 g/mol. The monoisotopic (exact) mass is 264 g/mol. The average Bonchev–Trinajstić information content (AvgIpc) is 2.96. The minimum Gasteiger partial charge on any atom is -0.496 e. The van der Waals surface area contributed by atoms with Gasteiger partial charge in [0.2, 0.25) is 0 Å². The molecule has 1 heterocycles. The first-order chi connectivity index (χ1) is 9.31. The van der Waals surface area contributed by atoms with Crippen LogP contribution < -0.4 is 10.2 Å². The summed E-state index contributed by atoms with van der Waals surface area (Å²) in [6.45, 7) is 3.61. The zero-order valence-electron chi connectivity index (χ0n) is 11.2. The number of likely N-dealkylation sites (tertiary alicyclic amines) is 1. The number of nitrogens with one attached hydrogen (secondary N) is 1. The molecule has 5 nitrogen and oxygen atoms in total. The van der Waals surface area contributed by atoms with E-state index in [1.54, 1.807) is 25.3 Å². The smallest absolute Gasteiger partial charge is 0.278 e. The van der Waals surface area contributed by atoms with Crippen LogP contribution in [0, 0.1) is 0 Å². The Hall–Kier alpha value is -1.59. The standard InChI is InChI=1S/C14H20N2O3/c1-18-13-7-3-2-6-12(13)14(17)15-19-11-10-16-8-4-5-9-16/h2-3,6-7H,4-5,8-11H2,1H3,(H,15,17). The second-order valence-electron chi connectivity index (χ2n) is 4.53. The third-order valence-electron chi connectivity index (χ3n) is 3.22. The minimum atomic E-state index is -0.279. The van der Waals surface area contributed by atoms with Gasteiger partial charge >= 0.3 is 0 Å².